The zero-order chi connectivity index (χ0) is 11.8. The Morgan fingerprint density at radius 2 is 2.00 bits per heavy atom. The monoisotopic (exact) mass is 247 g/mol. The van der Waals surface area contributed by atoms with E-state index in [1.165, 1.54) is 0 Å². The average Bonchev–Trinajstić information content (AvgIpc) is 2.58. The molecule has 0 aliphatic carbocycles. The molecule has 1 aromatic heterocycles. The van der Waals surface area contributed by atoms with Crippen molar-refractivity contribution in [2.75, 3.05) is 0 Å². The standard InChI is InChI=1S/C9H4F3NO2S/c10-9(11,12)7(14)15-8-13-5-3-1-2-4-6(5)16-8/h1-4H. The third-order valence-corrected chi connectivity index (χ3v) is 2.60. The average molecular weight is 247 g/mol. The van der Waals surface area contributed by atoms with Crippen LogP contribution < -0.4 is 4.74 Å². The summed E-state index contributed by atoms with van der Waals surface area (Å²) < 4.78 is 40.4. The van der Waals surface area contributed by atoms with Crippen LogP contribution in [0.25, 0.3) is 10.2 Å². The van der Waals surface area contributed by atoms with E-state index < -0.39 is 12.1 Å². The number of carbonyl (C=O) groups is 1. The lowest BCUT2D eigenvalue weighted by Gasteiger charge is -2.02. The van der Waals surface area contributed by atoms with Gasteiger partial charge in [0, 0.05) is 0 Å². The summed E-state index contributed by atoms with van der Waals surface area (Å²) in [5, 5.41) is -0.302. The number of fused-ring (bicyclic) bond motifs is 1. The number of nitrogens with zero attached hydrogens (tertiary/aromatic N) is 1. The maximum absolute atomic E-state index is 11.9. The highest BCUT2D eigenvalue weighted by atomic mass is 32.1. The van der Waals surface area contributed by atoms with Crippen LogP contribution in [0.3, 0.4) is 0 Å². The molecule has 0 N–H and O–H groups in total. The fourth-order valence-corrected chi connectivity index (χ4v) is 1.85. The van der Waals surface area contributed by atoms with E-state index in [1.54, 1.807) is 24.3 Å². The number of aromatic nitrogens is 1. The van der Waals surface area contributed by atoms with Crippen LogP contribution in [-0.4, -0.2) is 17.1 Å². The molecule has 0 spiro atoms. The lowest BCUT2D eigenvalue weighted by molar-refractivity contribution is -0.189. The zero-order valence-electron chi connectivity index (χ0n) is 7.62. The summed E-state index contributed by atoms with van der Waals surface area (Å²) in [6, 6.07) is 6.71. The zero-order valence-corrected chi connectivity index (χ0v) is 8.43. The number of benzene rings is 1. The van der Waals surface area contributed by atoms with Crippen LogP contribution in [0.2, 0.25) is 0 Å². The van der Waals surface area contributed by atoms with E-state index in [4.69, 9.17) is 0 Å². The molecular formula is C9H4F3NO2S. The topological polar surface area (TPSA) is 39.2 Å². The van der Waals surface area contributed by atoms with Gasteiger partial charge in [-0.3, -0.25) is 0 Å². The number of halogens is 3. The highest BCUT2D eigenvalue weighted by molar-refractivity contribution is 7.20. The largest absolute Gasteiger partial charge is 0.491 e. The molecule has 16 heavy (non-hydrogen) atoms. The van der Waals surface area contributed by atoms with Crippen molar-refractivity contribution in [1.29, 1.82) is 0 Å². The third kappa shape index (κ3) is 2.13. The molecule has 0 saturated carbocycles. The predicted molar refractivity (Wildman–Crippen MR) is 51.3 cm³/mol. The Kier molecular flexibility index (Phi) is 2.55. The fourth-order valence-electron chi connectivity index (χ4n) is 1.03. The number of para-hydroxylation sites is 1. The van der Waals surface area contributed by atoms with Crippen LogP contribution in [0.5, 0.6) is 5.19 Å². The molecule has 3 nitrogen and oxygen atoms in total. The first-order chi connectivity index (χ1) is 7.47. The molecule has 84 valence electrons. The summed E-state index contributed by atoms with van der Waals surface area (Å²) in [5.41, 5.74) is 0.498. The van der Waals surface area contributed by atoms with Crippen LogP contribution in [0.4, 0.5) is 13.2 Å². The van der Waals surface area contributed by atoms with Gasteiger partial charge in [-0.2, -0.15) is 13.2 Å². The first-order valence-corrected chi connectivity index (χ1v) is 4.93. The molecule has 2 aromatic rings. The molecule has 2 rings (SSSR count). The van der Waals surface area contributed by atoms with Gasteiger partial charge in [0.05, 0.1) is 10.2 Å². The van der Waals surface area contributed by atoms with Gasteiger partial charge in [-0.25, -0.2) is 9.78 Å². The van der Waals surface area contributed by atoms with E-state index in [2.05, 4.69) is 9.72 Å². The second kappa shape index (κ2) is 3.75. The van der Waals surface area contributed by atoms with Crippen molar-refractivity contribution in [3.8, 4) is 5.19 Å². The van der Waals surface area contributed by atoms with Crippen LogP contribution >= 0.6 is 11.3 Å². The Hall–Kier alpha value is -1.63. The van der Waals surface area contributed by atoms with E-state index in [1.807, 2.05) is 0 Å². The fraction of sp³-hybridized carbons (Fsp3) is 0.111. The molecule has 0 aliphatic heterocycles. The van der Waals surface area contributed by atoms with E-state index in [-0.39, 0.29) is 5.19 Å². The second-order valence-corrected chi connectivity index (χ2v) is 3.83. The van der Waals surface area contributed by atoms with Gasteiger partial charge in [-0.15, -0.1) is 0 Å². The predicted octanol–water partition coefficient (Wildman–Crippen LogP) is 2.76. The van der Waals surface area contributed by atoms with Gasteiger partial charge in [0.2, 0.25) is 0 Å². The quantitative estimate of drug-likeness (QED) is 0.727. The summed E-state index contributed by atoms with van der Waals surface area (Å²) in [6.45, 7) is 0. The second-order valence-electron chi connectivity index (χ2n) is 2.83. The summed E-state index contributed by atoms with van der Waals surface area (Å²) in [5.74, 6) is -2.26. The summed E-state index contributed by atoms with van der Waals surface area (Å²) in [6.07, 6.45) is -5.00. The van der Waals surface area contributed by atoms with E-state index in [0.29, 0.717) is 10.2 Å². The van der Waals surface area contributed by atoms with E-state index >= 15 is 0 Å². The van der Waals surface area contributed by atoms with Crippen molar-refractivity contribution in [1.82, 2.24) is 4.98 Å². The lowest BCUT2D eigenvalue weighted by Crippen LogP contribution is -2.27. The van der Waals surface area contributed by atoms with Gasteiger partial charge in [0.15, 0.2) is 0 Å². The number of hydrogen-bond donors (Lipinski definition) is 0. The number of rotatable bonds is 1. The molecule has 0 radical (unpaired) electrons. The minimum absolute atomic E-state index is 0.302. The van der Waals surface area contributed by atoms with Crippen LogP contribution in [-0.2, 0) is 4.79 Å². The Labute approximate surface area is 91.5 Å². The molecule has 0 bridgehead atoms. The minimum Gasteiger partial charge on any atom is -0.391 e. The van der Waals surface area contributed by atoms with Crippen LogP contribution in [0.1, 0.15) is 0 Å². The normalized spacial score (nSPS) is 11.7. The van der Waals surface area contributed by atoms with Crippen LogP contribution in [0.15, 0.2) is 24.3 Å². The van der Waals surface area contributed by atoms with Gasteiger partial charge in [-0.05, 0) is 12.1 Å². The van der Waals surface area contributed by atoms with E-state index in [0.717, 1.165) is 11.3 Å². The molecule has 0 atom stereocenters. The highest BCUT2D eigenvalue weighted by Gasteiger charge is 2.41. The molecule has 1 heterocycles. The van der Waals surface area contributed by atoms with Gasteiger partial charge in [0.1, 0.15) is 0 Å². The lowest BCUT2D eigenvalue weighted by atomic mass is 10.3. The van der Waals surface area contributed by atoms with Crippen molar-refractivity contribution in [2.45, 2.75) is 6.18 Å². The summed E-state index contributed by atoms with van der Waals surface area (Å²) >= 11 is 0.888. The van der Waals surface area contributed by atoms with Crippen LogP contribution in [0, 0.1) is 0 Å². The maximum atomic E-state index is 11.9. The third-order valence-electron chi connectivity index (χ3n) is 1.69. The molecule has 0 amide bonds. The Balaban J connectivity index is 2.25. The van der Waals surface area contributed by atoms with Crippen molar-refractivity contribution in [3.05, 3.63) is 24.3 Å². The molecule has 7 heteroatoms. The number of esters is 1. The van der Waals surface area contributed by atoms with Crippen molar-refractivity contribution < 1.29 is 22.7 Å². The highest BCUT2D eigenvalue weighted by Crippen LogP contribution is 2.29. The van der Waals surface area contributed by atoms with Crippen molar-refractivity contribution >= 4 is 27.5 Å². The minimum atomic E-state index is -5.00. The number of thiazole rings is 1. The number of carbonyl (C=O) groups excluding carboxylic acids is 1. The Morgan fingerprint density at radius 1 is 1.31 bits per heavy atom. The molecule has 0 fully saturated rings. The summed E-state index contributed by atoms with van der Waals surface area (Å²) in [7, 11) is 0. The van der Waals surface area contributed by atoms with Gasteiger partial charge in [0.25, 0.3) is 5.19 Å². The number of hydrogen-bond acceptors (Lipinski definition) is 4. The maximum Gasteiger partial charge on any atom is 0.491 e. The molecule has 1 aromatic carbocycles. The molecular weight excluding hydrogens is 243 g/mol. The van der Waals surface area contributed by atoms with Gasteiger partial charge in [-0.1, -0.05) is 23.5 Å². The first kappa shape index (κ1) is 10.9. The number of alkyl halides is 3. The molecule has 0 unspecified atom stereocenters. The first-order valence-electron chi connectivity index (χ1n) is 4.11. The molecule has 0 saturated heterocycles. The van der Waals surface area contributed by atoms with Gasteiger partial charge < -0.3 is 4.74 Å². The van der Waals surface area contributed by atoms with E-state index in [9.17, 15) is 18.0 Å². The SMILES string of the molecule is O=C(Oc1nc2ccccc2s1)C(F)(F)F. The smallest absolute Gasteiger partial charge is 0.391 e. The van der Waals surface area contributed by atoms with Gasteiger partial charge >= 0.3 is 12.1 Å². The Bertz CT molecular complexity index is 502. The van der Waals surface area contributed by atoms with Crippen molar-refractivity contribution in [2.24, 2.45) is 0 Å². The number of ether oxygens (including phenoxy) is 1. The molecule has 0 aliphatic rings. The Morgan fingerprint density at radius 3 is 2.62 bits per heavy atom. The van der Waals surface area contributed by atoms with Crippen molar-refractivity contribution in [3.63, 3.8) is 0 Å². The summed E-state index contributed by atoms with van der Waals surface area (Å²) in [4.78, 5) is 14.3.